The van der Waals surface area contributed by atoms with E-state index in [2.05, 4.69) is 4.74 Å². The van der Waals surface area contributed by atoms with E-state index in [9.17, 15) is 9.59 Å². The van der Waals surface area contributed by atoms with Crippen molar-refractivity contribution in [3.8, 4) is 0 Å². The second-order valence-electron chi connectivity index (χ2n) is 4.49. The number of hydrogen-bond acceptors (Lipinski definition) is 3. The largest absolute Gasteiger partial charge is 0.469 e. The van der Waals surface area contributed by atoms with Crippen LogP contribution in [-0.4, -0.2) is 37.0 Å². The molecule has 0 unspecified atom stereocenters. The lowest BCUT2D eigenvalue weighted by Crippen LogP contribution is -2.31. The maximum absolute atomic E-state index is 12.0. The van der Waals surface area contributed by atoms with E-state index < -0.39 is 0 Å². The van der Waals surface area contributed by atoms with Crippen LogP contribution in [0.4, 0.5) is 0 Å². The summed E-state index contributed by atoms with van der Waals surface area (Å²) in [6.45, 7) is 4.83. The van der Waals surface area contributed by atoms with E-state index in [1.807, 2.05) is 38.1 Å². The van der Waals surface area contributed by atoms with Crippen LogP contribution in [0.3, 0.4) is 0 Å². The number of carbonyl (C=O) groups excluding carboxylic acids is 2. The number of aryl methyl sites for hydroxylation is 1. The molecule has 0 saturated carbocycles. The van der Waals surface area contributed by atoms with Gasteiger partial charge < -0.3 is 9.64 Å². The lowest BCUT2D eigenvalue weighted by atomic mass is 10.1. The van der Waals surface area contributed by atoms with Gasteiger partial charge in [0.15, 0.2) is 0 Å². The van der Waals surface area contributed by atoms with Crippen LogP contribution in [0, 0.1) is 6.92 Å². The molecule has 0 atom stereocenters. The van der Waals surface area contributed by atoms with Gasteiger partial charge in [0.25, 0.3) is 0 Å². The number of benzene rings is 1. The molecule has 0 heterocycles. The first kappa shape index (κ1) is 16.0. The summed E-state index contributed by atoms with van der Waals surface area (Å²) < 4.78 is 4.57. The molecule has 0 aliphatic heterocycles. The molecule has 20 heavy (non-hydrogen) atoms. The molecule has 0 spiro atoms. The number of nitrogens with zero attached hydrogens (tertiary/aromatic N) is 1. The van der Waals surface area contributed by atoms with Gasteiger partial charge in [-0.05, 0) is 25.5 Å². The molecule has 0 aromatic heterocycles. The molecule has 4 heteroatoms. The number of hydrogen-bond donors (Lipinski definition) is 0. The van der Waals surface area contributed by atoms with Crippen LogP contribution in [0.5, 0.6) is 0 Å². The van der Waals surface area contributed by atoms with E-state index in [-0.39, 0.29) is 18.3 Å². The minimum atomic E-state index is -0.307. The Kier molecular flexibility index (Phi) is 6.50. The first-order valence-corrected chi connectivity index (χ1v) is 6.67. The van der Waals surface area contributed by atoms with Gasteiger partial charge in [0.1, 0.15) is 0 Å². The Morgan fingerprint density at radius 2 is 2.10 bits per heavy atom. The van der Waals surface area contributed by atoms with Crippen molar-refractivity contribution in [3.63, 3.8) is 0 Å². The molecule has 1 rings (SSSR count). The number of amides is 1. The molecule has 0 radical (unpaired) electrons. The predicted octanol–water partition coefficient (Wildman–Crippen LogP) is 2.42. The van der Waals surface area contributed by atoms with Gasteiger partial charge in [-0.1, -0.05) is 29.8 Å². The number of esters is 1. The van der Waals surface area contributed by atoms with Gasteiger partial charge in [-0.15, -0.1) is 0 Å². The van der Waals surface area contributed by atoms with Crippen molar-refractivity contribution in [2.45, 2.75) is 20.3 Å². The topological polar surface area (TPSA) is 46.6 Å². The van der Waals surface area contributed by atoms with Crippen molar-refractivity contribution in [2.75, 3.05) is 20.2 Å². The Morgan fingerprint density at radius 3 is 2.70 bits per heavy atom. The van der Waals surface area contributed by atoms with E-state index in [1.54, 1.807) is 11.0 Å². The molecule has 0 aliphatic rings. The third-order valence-electron chi connectivity index (χ3n) is 2.97. The maximum atomic E-state index is 12.0. The molecule has 1 aromatic rings. The van der Waals surface area contributed by atoms with E-state index in [1.165, 1.54) is 13.2 Å². The highest BCUT2D eigenvalue weighted by atomic mass is 16.5. The molecule has 1 aromatic carbocycles. The Balaban J connectivity index is 2.60. The standard InChI is InChI=1S/C16H21NO3/c1-4-17(11-10-16(19)20-3)15(18)9-8-14-7-5-6-13(2)12-14/h5-9,12H,4,10-11H2,1-3H3/b9-8+. The van der Waals surface area contributed by atoms with E-state index in [0.29, 0.717) is 13.1 Å². The minimum absolute atomic E-state index is 0.0992. The Morgan fingerprint density at radius 1 is 1.35 bits per heavy atom. The highest BCUT2D eigenvalue weighted by Crippen LogP contribution is 2.06. The zero-order valence-electron chi connectivity index (χ0n) is 12.3. The monoisotopic (exact) mass is 275 g/mol. The lowest BCUT2D eigenvalue weighted by Gasteiger charge is -2.18. The molecule has 0 saturated heterocycles. The fourth-order valence-electron chi connectivity index (χ4n) is 1.80. The second kappa shape index (κ2) is 8.15. The zero-order valence-corrected chi connectivity index (χ0v) is 12.3. The lowest BCUT2D eigenvalue weighted by molar-refractivity contribution is -0.141. The van der Waals surface area contributed by atoms with Crippen molar-refractivity contribution < 1.29 is 14.3 Å². The quantitative estimate of drug-likeness (QED) is 0.591. The summed E-state index contributed by atoms with van der Waals surface area (Å²) >= 11 is 0. The van der Waals surface area contributed by atoms with Crippen LogP contribution in [0.2, 0.25) is 0 Å². The summed E-state index contributed by atoms with van der Waals surface area (Å²) in [4.78, 5) is 24.7. The Hall–Kier alpha value is -2.10. The third kappa shape index (κ3) is 5.26. The first-order chi connectivity index (χ1) is 9.56. The maximum Gasteiger partial charge on any atom is 0.307 e. The SMILES string of the molecule is CCN(CCC(=O)OC)C(=O)/C=C/c1cccc(C)c1. The minimum Gasteiger partial charge on any atom is -0.469 e. The highest BCUT2D eigenvalue weighted by molar-refractivity contribution is 5.92. The average molecular weight is 275 g/mol. The van der Waals surface area contributed by atoms with Crippen LogP contribution in [0.15, 0.2) is 30.3 Å². The smallest absolute Gasteiger partial charge is 0.307 e. The molecular formula is C16H21NO3. The summed E-state index contributed by atoms with van der Waals surface area (Å²) in [5.41, 5.74) is 2.14. The number of ether oxygens (including phenoxy) is 1. The fourth-order valence-corrected chi connectivity index (χ4v) is 1.80. The first-order valence-electron chi connectivity index (χ1n) is 6.67. The van der Waals surface area contributed by atoms with E-state index in [4.69, 9.17) is 0 Å². The average Bonchev–Trinajstić information content (AvgIpc) is 2.45. The van der Waals surface area contributed by atoms with Crippen molar-refractivity contribution in [1.29, 1.82) is 0 Å². The van der Waals surface area contributed by atoms with Crippen LogP contribution in [0.25, 0.3) is 6.08 Å². The van der Waals surface area contributed by atoms with Crippen LogP contribution in [0.1, 0.15) is 24.5 Å². The van der Waals surface area contributed by atoms with Crippen LogP contribution < -0.4 is 0 Å². The van der Waals surface area contributed by atoms with Gasteiger partial charge in [0.2, 0.25) is 5.91 Å². The molecule has 108 valence electrons. The molecule has 1 amide bonds. The second-order valence-corrected chi connectivity index (χ2v) is 4.49. The molecule has 4 nitrogen and oxygen atoms in total. The van der Waals surface area contributed by atoms with Crippen molar-refractivity contribution in [1.82, 2.24) is 4.90 Å². The number of likely N-dealkylation sites (N-methyl/N-ethyl adjacent to an activating group) is 1. The van der Waals surface area contributed by atoms with Crippen molar-refractivity contribution in [2.24, 2.45) is 0 Å². The zero-order chi connectivity index (χ0) is 15.0. The van der Waals surface area contributed by atoms with E-state index >= 15 is 0 Å². The normalized spacial score (nSPS) is 10.6. The summed E-state index contributed by atoms with van der Waals surface area (Å²) in [6.07, 6.45) is 3.54. The van der Waals surface area contributed by atoms with Crippen molar-refractivity contribution >= 4 is 18.0 Å². The summed E-state index contributed by atoms with van der Waals surface area (Å²) in [6, 6.07) is 7.91. The van der Waals surface area contributed by atoms with Gasteiger partial charge >= 0.3 is 5.97 Å². The van der Waals surface area contributed by atoms with Gasteiger partial charge in [-0.25, -0.2) is 0 Å². The predicted molar refractivity (Wildman–Crippen MR) is 79.1 cm³/mol. The number of rotatable bonds is 6. The van der Waals surface area contributed by atoms with Gasteiger partial charge in [-0.3, -0.25) is 9.59 Å². The molecule has 0 bridgehead atoms. The summed E-state index contributed by atoms with van der Waals surface area (Å²) in [7, 11) is 1.35. The van der Waals surface area contributed by atoms with Crippen LogP contribution in [-0.2, 0) is 14.3 Å². The molecule has 0 N–H and O–H groups in total. The third-order valence-corrected chi connectivity index (χ3v) is 2.97. The Labute approximate surface area is 120 Å². The summed E-state index contributed by atoms with van der Waals surface area (Å²) in [5, 5.41) is 0. The molecular weight excluding hydrogens is 254 g/mol. The van der Waals surface area contributed by atoms with Crippen molar-refractivity contribution in [3.05, 3.63) is 41.5 Å². The number of carbonyl (C=O) groups is 2. The van der Waals surface area contributed by atoms with Gasteiger partial charge in [0.05, 0.1) is 13.5 Å². The van der Waals surface area contributed by atoms with Gasteiger partial charge in [-0.2, -0.15) is 0 Å². The molecule has 0 fully saturated rings. The highest BCUT2D eigenvalue weighted by Gasteiger charge is 2.10. The van der Waals surface area contributed by atoms with E-state index in [0.717, 1.165) is 11.1 Å². The van der Waals surface area contributed by atoms with Gasteiger partial charge in [0, 0.05) is 19.2 Å². The number of methoxy groups -OCH3 is 1. The van der Waals surface area contributed by atoms with Crippen LogP contribution >= 0.6 is 0 Å². The fraction of sp³-hybridized carbons (Fsp3) is 0.375. The summed E-state index contributed by atoms with van der Waals surface area (Å²) in [5.74, 6) is -0.406. The Bertz CT molecular complexity index is 494. The molecule has 0 aliphatic carbocycles.